The summed E-state index contributed by atoms with van der Waals surface area (Å²) >= 11 is 0. The third-order valence-electron chi connectivity index (χ3n) is 2.73. The second-order valence-corrected chi connectivity index (χ2v) is 4.11. The lowest BCUT2D eigenvalue weighted by molar-refractivity contribution is -0.132. The molecule has 1 atom stereocenters. The largest absolute Gasteiger partial charge is 0.466 e. The van der Waals surface area contributed by atoms with Crippen molar-refractivity contribution in [2.45, 2.75) is 26.7 Å². The van der Waals surface area contributed by atoms with Gasteiger partial charge in [-0.25, -0.2) is 0 Å². The maximum absolute atomic E-state index is 11.8. The molecule has 0 saturated carbocycles. The van der Waals surface area contributed by atoms with Crippen LogP contribution in [0.15, 0.2) is 16.5 Å². The first-order valence-corrected chi connectivity index (χ1v) is 5.78. The van der Waals surface area contributed by atoms with E-state index >= 15 is 0 Å². The molecule has 0 aliphatic heterocycles. The second kappa shape index (κ2) is 6.09. The molecule has 1 amide bonds. The van der Waals surface area contributed by atoms with Gasteiger partial charge in [-0.3, -0.25) is 4.79 Å². The van der Waals surface area contributed by atoms with E-state index in [0.717, 1.165) is 11.5 Å². The molecule has 92 valence electrons. The normalized spacial score (nSPS) is 11.9. The number of rotatable bonds is 5. The van der Waals surface area contributed by atoms with Crippen LogP contribution in [-0.2, 0) is 11.2 Å². The molecule has 0 N–H and O–H groups in total. The van der Waals surface area contributed by atoms with Gasteiger partial charge in [-0.15, -0.1) is 0 Å². The molecule has 0 saturated heterocycles. The van der Waals surface area contributed by atoms with Crippen LogP contribution in [-0.4, -0.2) is 24.4 Å². The Hall–Kier alpha value is -1.76. The van der Waals surface area contributed by atoms with Gasteiger partial charge < -0.3 is 9.32 Å². The Labute approximate surface area is 102 Å². The van der Waals surface area contributed by atoms with E-state index in [-0.39, 0.29) is 5.91 Å². The Kier molecular flexibility index (Phi) is 4.77. The van der Waals surface area contributed by atoms with Gasteiger partial charge in [-0.2, -0.15) is 5.26 Å². The van der Waals surface area contributed by atoms with Gasteiger partial charge in [-0.05, 0) is 25.5 Å². The van der Waals surface area contributed by atoms with Gasteiger partial charge in [0, 0.05) is 20.0 Å². The summed E-state index contributed by atoms with van der Waals surface area (Å²) in [5, 5.41) is 8.82. The SMILES string of the molecule is CCC(C#N)C(=O)N(C)CCc1ccc(C)o1. The Morgan fingerprint density at radius 1 is 1.59 bits per heavy atom. The highest BCUT2D eigenvalue weighted by atomic mass is 16.3. The summed E-state index contributed by atoms with van der Waals surface area (Å²) in [7, 11) is 1.72. The number of hydrogen-bond acceptors (Lipinski definition) is 3. The van der Waals surface area contributed by atoms with Gasteiger partial charge in [0.05, 0.1) is 6.07 Å². The third kappa shape index (κ3) is 3.63. The fourth-order valence-corrected chi connectivity index (χ4v) is 1.59. The monoisotopic (exact) mass is 234 g/mol. The highest BCUT2D eigenvalue weighted by molar-refractivity contribution is 5.80. The molecule has 1 aromatic rings. The Bertz CT molecular complexity index is 417. The summed E-state index contributed by atoms with van der Waals surface area (Å²) in [6.07, 6.45) is 1.23. The molecule has 1 rings (SSSR count). The van der Waals surface area contributed by atoms with E-state index in [4.69, 9.17) is 9.68 Å². The quantitative estimate of drug-likeness (QED) is 0.784. The first kappa shape index (κ1) is 13.3. The highest BCUT2D eigenvalue weighted by Gasteiger charge is 2.19. The van der Waals surface area contributed by atoms with Crippen LogP contribution >= 0.6 is 0 Å². The second-order valence-electron chi connectivity index (χ2n) is 4.11. The summed E-state index contributed by atoms with van der Waals surface area (Å²) in [5.41, 5.74) is 0. The zero-order valence-electron chi connectivity index (χ0n) is 10.6. The van der Waals surface area contributed by atoms with Crippen molar-refractivity contribution in [3.63, 3.8) is 0 Å². The third-order valence-corrected chi connectivity index (χ3v) is 2.73. The van der Waals surface area contributed by atoms with Crippen molar-refractivity contribution in [1.82, 2.24) is 4.90 Å². The number of nitriles is 1. The van der Waals surface area contributed by atoms with Gasteiger partial charge in [0.1, 0.15) is 17.4 Å². The average molecular weight is 234 g/mol. The number of carbonyl (C=O) groups is 1. The zero-order valence-corrected chi connectivity index (χ0v) is 10.6. The van der Waals surface area contributed by atoms with Crippen LogP contribution in [0.25, 0.3) is 0 Å². The van der Waals surface area contributed by atoms with E-state index < -0.39 is 5.92 Å². The molecule has 0 spiro atoms. The summed E-state index contributed by atoms with van der Waals surface area (Å²) in [6, 6.07) is 5.84. The molecule has 1 heterocycles. The number of likely N-dealkylation sites (N-methyl/N-ethyl adjacent to an activating group) is 1. The van der Waals surface area contributed by atoms with E-state index in [9.17, 15) is 4.79 Å². The van der Waals surface area contributed by atoms with Crippen molar-refractivity contribution in [3.8, 4) is 6.07 Å². The molecule has 17 heavy (non-hydrogen) atoms. The van der Waals surface area contributed by atoms with E-state index in [1.54, 1.807) is 11.9 Å². The summed E-state index contributed by atoms with van der Waals surface area (Å²) in [6.45, 7) is 4.31. The topological polar surface area (TPSA) is 57.2 Å². The predicted molar refractivity (Wildman–Crippen MR) is 64.2 cm³/mol. The van der Waals surface area contributed by atoms with E-state index in [1.165, 1.54) is 0 Å². The van der Waals surface area contributed by atoms with Gasteiger partial charge >= 0.3 is 0 Å². The van der Waals surface area contributed by atoms with Crippen LogP contribution in [0.4, 0.5) is 0 Å². The summed E-state index contributed by atoms with van der Waals surface area (Å²) < 4.78 is 5.42. The molecule has 4 nitrogen and oxygen atoms in total. The maximum Gasteiger partial charge on any atom is 0.239 e. The molecule has 0 fully saturated rings. The minimum Gasteiger partial charge on any atom is -0.466 e. The van der Waals surface area contributed by atoms with E-state index in [1.807, 2.05) is 32.0 Å². The number of aryl methyl sites for hydroxylation is 1. The molecule has 0 aliphatic carbocycles. The van der Waals surface area contributed by atoms with Crippen molar-refractivity contribution in [2.75, 3.05) is 13.6 Å². The molecule has 0 bridgehead atoms. The summed E-state index contributed by atoms with van der Waals surface area (Å²) in [4.78, 5) is 13.4. The number of hydrogen-bond donors (Lipinski definition) is 0. The lowest BCUT2D eigenvalue weighted by Crippen LogP contribution is -2.33. The molecule has 1 aromatic heterocycles. The average Bonchev–Trinajstić information content (AvgIpc) is 2.73. The lowest BCUT2D eigenvalue weighted by atomic mass is 10.1. The fourth-order valence-electron chi connectivity index (χ4n) is 1.59. The number of furan rings is 1. The smallest absolute Gasteiger partial charge is 0.239 e. The highest BCUT2D eigenvalue weighted by Crippen LogP contribution is 2.09. The predicted octanol–water partition coefficient (Wildman–Crippen LogP) is 2.14. The molecular weight excluding hydrogens is 216 g/mol. The fraction of sp³-hybridized carbons (Fsp3) is 0.538. The van der Waals surface area contributed by atoms with Crippen LogP contribution in [0, 0.1) is 24.2 Å². The van der Waals surface area contributed by atoms with Crippen LogP contribution in [0.1, 0.15) is 24.9 Å². The minimum absolute atomic E-state index is 0.113. The van der Waals surface area contributed by atoms with Crippen molar-refractivity contribution in [1.29, 1.82) is 5.26 Å². The standard InChI is InChI=1S/C13H18N2O2/c1-4-11(9-14)13(16)15(3)8-7-12-6-5-10(2)17-12/h5-6,11H,4,7-8H2,1-3H3. The van der Waals surface area contributed by atoms with Crippen LogP contribution in [0.2, 0.25) is 0 Å². The molecule has 1 unspecified atom stereocenters. The van der Waals surface area contributed by atoms with Crippen molar-refractivity contribution >= 4 is 5.91 Å². The molecule has 0 radical (unpaired) electrons. The van der Waals surface area contributed by atoms with Crippen molar-refractivity contribution in [3.05, 3.63) is 23.7 Å². The van der Waals surface area contributed by atoms with Crippen LogP contribution in [0.3, 0.4) is 0 Å². The van der Waals surface area contributed by atoms with E-state index in [2.05, 4.69) is 0 Å². The molecular formula is C13H18N2O2. The molecule has 0 aliphatic rings. The van der Waals surface area contributed by atoms with Crippen LogP contribution < -0.4 is 0 Å². The Morgan fingerprint density at radius 2 is 2.29 bits per heavy atom. The van der Waals surface area contributed by atoms with Crippen molar-refractivity contribution in [2.24, 2.45) is 5.92 Å². The number of carbonyl (C=O) groups excluding carboxylic acids is 1. The van der Waals surface area contributed by atoms with Gasteiger partial charge in [0.2, 0.25) is 5.91 Å². The van der Waals surface area contributed by atoms with Crippen LogP contribution in [0.5, 0.6) is 0 Å². The lowest BCUT2D eigenvalue weighted by Gasteiger charge is -2.18. The van der Waals surface area contributed by atoms with E-state index in [0.29, 0.717) is 19.4 Å². The first-order chi connectivity index (χ1) is 8.08. The number of amides is 1. The number of nitrogens with zero attached hydrogens (tertiary/aromatic N) is 2. The molecule has 4 heteroatoms. The maximum atomic E-state index is 11.8. The Morgan fingerprint density at radius 3 is 2.76 bits per heavy atom. The summed E-state index contributed by atoms with van der Waals surface area (Å²) in [5.74, 6) is 1.10. The molecule has 0 aromatic carbocycles. The Balaban J connectivity index is 2.47. The first-order valence-electron chi connectivity index (χ1n) is 5.78. The van der Waals surface area contributed by atoms with Crippen molar-refractivity contribution < 1.29 is 9.21 Å². The van der Waals surface area contributed by atoms with Gasteiger partial charge in [0.25, 0.3) is 0 Å². The zero-order chi connectivity index (χ0) is 12.8. The van der Waals surface area contributed by atoms with Gasteiger partial charge in [0.15, 0.2) is 0 Å². The van der Waals surface area contributed by atoms with Gasteiger partial charge in [-0.1, -0.05) is 6.92 Å². The minimum atomic E-state index is -0.529.